The molecule has 1 saturated carbocycles. The molecule has 0 heterocycles. The van der Waals surface area contributed by atoms with Crippen LogP contribution < -0.4 is 5.32 Å². The van der Waals surface area contributed by atoms with Crippen molar-refractivity contribution in [2.75, 3.05) is 20.6 Å². The summed E-state index contributed by atoms with van der Waals surface area (Å²) in [6.07, 6.45) is 14.0. The van der Waals surface area contributed by atoms with Crippen LogP contribution in [0.2, 0.25) is 0 Å². The van der Waals surface area contributed by atoms with Crippen LogP contribution in [-0.4, -0.2) is 37.1 Å². The van der Waals surface area contributed by atoms with E-state index >= 15 is 0 Å². The summed E-state index contributed by atoms with van der Waals surface area (Å²) in [5.41, 5.74) is 0.366. The minimum absolute atomic E-state index is 0.366. The fourth-order valence-electron chi connectivity index (χ4n) is 3.31. The molecule has 1 fully saturated rings. The van der Waals surface area contributed by atoms with Gasteiger partial charge in [0, 0.05) is 18.0 Å². The van der Waals surface area contributed by atoms with E-state index < -0.39 is 0 Å². The molecule has 0 aromatic heterocycles. The van der Waals surface area contributed by atoms with Crippen molar-refractivity contribution >= 4 is 0 Å². The monoisotopic (exact) mass is 236 g/mol. The number of unbranched alkanes of at least 4 members (excludes halogenated alkanes) is 1. The number of likely N-dealkylation sites (N-methyl/N-ethyl adjacent to an activating group) is 2. The molecule has 1 aliphatic rings. The second-order valence-corrected chi connectivity index (χ2v) is 5.41. The first-order valence-corrected chi connectivity index (χ1v) is 7.01. The number of terminal acetylenes is 1. The van der Waals surface area contributed by atoms with Crippen LogP contribution in [0.15, 0.2) is 0 Å². The normalized spacial score (nSPS) is 20.4. The molecule has 17 heavy (non-hydrogen) atoms. The van der Waals surface area contributed by atoms with Gasteiger partial charge in [0.1, 0.15) is 0 Å². The van der Waals surface area contributed by atoms with E-state index in [-0.39, 0.29) is 0 Å². The number of hydrogen-bond acceptors (Lipinski definition) is 2. The Kier molecular flexibility index (Phi) is 6.02. The van der Waals surface area contributed by atoms with Crippen molar-refractivity contribution in [3.05, 3.63) is 0 Å². The van der Waals surface area contributed by atoms with Crippen LogP contribution in [0.4, 0.5) is 0 Å². The van der Waals surface area contributed by atoms with Crippen LogP contribution in [-0.2, 0) is 0 Å². The Morgan fingerprint density at radius 2 is 2.00 bits per heavy atom. The van der Waals surface area contributed by atoms with Gasteiger partial charge in [-0.1, -0.05) is 19.8 Å². The molecule has 1 unspecified atom stereocenters. The molecule has 1 N–H and O–H groups in total. The lowest BCUT2D eigenvalue weighted by Gasteiger charge is -2.44. The summed E-state index contributed by atoms with van der Waals surface area (Å²) >= 11 is 0. The predicted molar refractivity (Wildman–Crippen MR) is 75.0 cm³/mol. The van der Waals surface area contributed by atoms with E-state index in [2.05, 4.69) is 37.2 Å². The SMILES string of the molecule is C#CCCCC(NCC)C1(N(C)C)CCCC1. The lowest BCUT2D eigenvalue weighted by Crippen LogP contribution is -2.57. The summed E-state index contributed by atoms with van der Waals surface area (Å²) in [7, 11) is 4.47. The average molecular weight is 236 g/mol. The molecular formula is C15H28N2. The molecule has 0 amide bonds. The number of hydrogen-bond donors (Lipinski definition) is 1. The zero-order chi connectivity index (χ0) is 12.7. The molecule has 0 spiro atoms. The van der Waals surface area contributed by atoms with Crippen molar-refractivity contribution in [2.24, 2.45) is 0 Å². The van der Waals surface area contributed by atoms with Gasteiger partial charge in [-0.3, -0.25) is 0 Å². The Morgan fingerprint density at radius 3 is 2.47 bits per heavy atom. The van der Waals surface area contributed by atoms with Gasteiger partial charge in [-0.25, -0.2) is 0 Å². The van der Waals surface area contributed by atoms with Crippen LogP contribution in [0.5, 0.6) is 0 Å². The Labute approximate surface area is 107 Å². The zero-order valence-electron chi connectivity index (χ0n) is 11.8. The topological polar surface area (TPSA) is 15.3 Å². The first-order chi connectivity index (χ1) is 8.17. The van der Waals surface area contributed by atoms with Crippen LogP contribution in [0.3, 0.4) is 0 Å². The molecule has 0 saturated heterocycles. The molecule has 0 bridgehead atoms. The smallest absolute Gasteiger partial charge is 0.0356 e. The van der Waals surface area contributed by atoms with Gasteiger partial charge in [-0.15, -0.1) is 12.3 Å². The summed E-state index contributed by atoms with van der Waals surface area (Å²) in [4.78, 5) is 2.45. The third-order valence-corrected chi connectivity index (χ3v) is 4.27. The zero-order valence-corrected chi connectivity index (χ0v) is 11.8. The summed E-state index contributed by atoms with van der Waals surface area (Å²) in [5.74, 6) is 2.76. The van der Waals surface area contributed by atoms with Crippen molar-refractivity contribution in [1.29, 1.82) is 0 Å². The van der Waals surface area contributed by atoms with Gasteiger partial charge in [-0.2, -0.15) is 0 Å². The molecular weight excluding hydrogens is 208 g/mol. The molecule has 2 nitrogen and oxygen atoms in total. The molecule has 98 valence electrons. The predicted octanol–water partition coefficient (Wildman–Crippen LogP) is 2.64. The second-order valence-electron chi connectivity index (χ2n) is 5.41. The molecule has 0 aliphatic heterocycles. The quantitative estimate of drug-likeness (QED) is 0.540. The molecule has 1 aliphatic carbocycles. The van der Waals surface area contributed by atoms with Gasteiger partial charge in [-0.05, 0) is 46.3 Å². The standard InChI is InChI=1S/C15H28N2/c1-5-7-8-11-14(16-6-2)15(17(3)4)12-9-10-13-15/h1,14,16H,6-13H2,2-4H3. The number of nitrogens with zero attached hydrogens (tertiary/aromatic N) is 1. The molecule has 0 aromatic rings. The van der Waals surface area contributed by atoms with E-state index in [9.17, 15) is 0 Å². The molecule has 0 radical (unpaired) electrons. The summed E-state index contributed by atoms with van der Waals surface area (Å²) in [6, 6.07) is 0.596. The lowest BCUT2D eigenvalue weighted by atomic mass is 9.83. The minimum Gasteiger partial charge on any atom is -0.312 e. The van der Waals surface area contributed by atoms with E-state index in [1.54, 1.807) is 0 Å². The average Bonchev–Trinajstić information content (AvgIpc) is 2.78. The highest BCUT2D eigenvalue weighted by Gasteiger charge is 2.42. The van der Waals surface area contributed by atoms with Crippen LogP contribution in [0, 0.1) is 12.3 Å². The van der Waals surface area contributed by atoms with E-state index in [1.165, 1.54) is 32.1 Å². The third kappa shape index (κ3) is 3.47. The summed E-state index contributed by atoms with van der Waals surface area (Å²) in [6.45, 7) is 3.25. The number of rotatable bonds is 7. The van der Waals surface area contributed by atoms with Gasteiger partial charge in [0.25, 0.3) is 0 Å². The maximum Gasteiger partial charge on any atom is 0.0356 e. The highest BCUT2D eigenvalue weighted by molar-refractivity contribution is 5.02. The Hall–Kier alpha value is -0.520. The fourth-order valence-corrected chi connectivity index (χ4v) is 3.31. The second kappa shape index (κ2) is 7.03. The van der Waals surface area contributed by atoms with E-state index in [4.69, 9.17) is 6.42 Å². The maximum atomic E-state index is 5.35. The molecule has 1 atom stereocenters. The summed E-state index contributed by atoms with van der Waals surface area (Å²) < 4.78 is 0. The van der Waals surface area contributed by atoms with Crippen molar-refractivity contribution in [2.45, 2.75) is 63.5 Å². The van der Waals surface area contributed by atoms with Crippen molar-refractivity contribution < 1.29 is 0 Å². The highest BCUT2D eigenvalue weighted by Crippen LogP contribution is 2.38. The van der Waals surface area contributed by atoms with Gasteiger partial charge >= 0.3 is 0 Å². The van der Waals surface area contributed by atoms with Gasteiger partial charge < -0.3 is 10.2 Å². The van der Waals surface area contributed by atoms with Crippen LogP contribution in [0.1, 0.15) is 51.9 Å². The van der Waals surface area contributed by atoms with Crippen LogP contribution in [0.25, 0.3) is 0 Å². The van der Waals surface area contributed by atoms with Gasteiger partial charge in [0.15, 0.2) is 0 Å². The lowest BCUT2D eigenvalue weighted by molar-refractivity contribution is 0.0998. The molecule has 1 rings (SSSR count). The first kappa shape index (κ1) is 14.5. The molecule has 2 heteroatoms. The van der Waals surface area contributed by atoms with Gasteiger partial charge in [0.05, 0.1) is 0 Å². The van der Waals surface area contributed by atoms with Crippen molar-refractivity contribution in [3.8, 4) is 12.3 Å². The van der Waals surface area contributed by atoms with E-state index in [0.717, 1.165) is 19.4 Å². The Morgan fingerprint density at radius 1 is 1.35 bits per heavy atom. The third-order valence-electron chi connectivity index (χ3n) is 4.27. The van der Waals surface area contributed by atoms with E-state index in [1.807, 2.05) is 0 Å². The minimum atomic E-state index is 0.366. The summed E-state index contributed by atoms with van der Waals surface area (Å²) in [5, 5.41) is 3.70. The Balaban J connectivity index is 2.68. The van der Waals surface area contributed by atoms with Crippen molar-refractivity contribution in [3.63, 3.8) is 0 Å². The fraction of sp³-hybridized carbons (Fsp3) is 0.867. The highest BCUT2D eigenvalue weighted by atomic mass is 15.2. The Bertz CT molecular complexity index is 246. The van der Waals surface area contributed by atoms with Crippen molar-refractivity contribution in [1.82, 2.24) is 10.2 Å². The first-order valence-electron chi connectivity index (χ1n) is 7.01. The number of nitrogens with one attached hydrogen (secondary N) is 1. The van der Waals surface area contributed by atoms with Gasteiger partial charge in [0.2, 0.25) is 0 Å². The van der Waals surface area contributed by atoms with E-state index in [0.29, 0.717) is 11.6 Å². The largest absolute Gasteiger partial charge is 0.312 e. The van der Waals surface area contributed by atoms with Crippen LogP contribution >= 0.6 is 0 Å². The maximum absolute atomic E-state index is 5.35. The molecule has 0 aromatic carbocycles.